The van der Waals surface area contributed by atoms with Gasteiger partial charge in [0.2, 0.25) is 0 Å². The maximum atomic E-state index is 13.5. The van der Waals surface area contributed by atoms with Crippen LogP contribution in [0.4, 0.5) is 17.6 Å². The predicted octanol–water partition coefficient (Wildman–Crippen LogP) is 3.86. The molecule has 1 aromatic carbocycles. The van der Waals surface area contributed by atoms with E-state index in [4.69, 9.17) is 0 Å². The lowest BCUT2D eigenvalue weighted by Gasteiger charge is -2.17. The van der Waals surface area contributed by atoms with Gasteiger partial charge in [-0.3, -0.25) is 4.98 Å². The van der Waals surface area contributed by atoms with Gasteiger partial charge in [-0.1, -0.05) is 6.07 Å². The van der Waals surface area contributed by atoms with E-state index in [2.05, 4.69) is 10.3 Å². The second kappa shape index (κ2) is 5.81. The molecule has 0 aliphatic rings. The minimum atomic E-state index is -4.42. The number of halogens is 4. The number of nitrogens with zero attached hydrogens (tertiary/aromatic N) is 1. The van der Waals surface area contributed by atoms with E-state index in [9.17, 15) is 17.6 Å². The van der Waals surface area contributed by atoms with Gasteiger partial charge in [-0.05, 0) is 49.4 Å². The van der Waals surface area contributed by atoms with E-state index in [0.717, 1.165) is 17.8 Å². The smallest absolute Gasteiger partial charge is 0.308 e. The van der Waals surface area contributed by atoms with Gasteiger partial charge in [0.1, 0.15) is 5.82 Å². The molecule has 0 saturated carbocycles. The van der Waals surface area contributed by atoms with E-state index < -0.39 is 23.6 Å². The van der Waals surface area contributed by atoms with Gasteiger partial charge in [0, 0.05) is 6.20 Å². The molecule has 1 unspecified atom stereocenters. The minimum absolute atomic E-state index is 0.392. The molecule has 0 saturated heterocycles. The molecule has 2 aromatic rings. The summed E-state index contributed by atoms with van der Waals surface area (Å²) in [4.78, 5) is 3.85. The number of hydrogen-bond donors (Lipinski definition) is 1. The van der Waals surface area contributed by atoms with Gasteiger partial charge in [0.25, 0.3) is 0 Å². The first kappa shape index (κ1) is 15.4. The fourth-order valence-corrected chi connectivity index (χ4v) is 2.16. The van der Waals surface area contributed by atoms with Gasteiger partial charge in [-0.15, -0.1) is 0 Å². The summed E-state index contributed by atoms with van der Waals surface area (Å²) in [5.41, 5.74) is 0.937. The summed E-state index contributed by atoms with van der Waals surface area (Å²) in [7, 11) is 1.64. The number of alkyl halides is 3. The van der Waals surface area contributed by atoms with E-state index in [0.29, 0.717) is 11.3 Å². The molecule has 0 amide bonds. The monoisotopic (exact) mass is 298 g/mol. The van der Waals surface area contributed by atoms with E-state index >= 15 is 0 Å². The first-order chi connectivity index (χ1) is 9.81. The number of pyridine rings is 1. The van der Waals surface area contributed by atoms with Crippen molar-refractivity contribution < 1.29 is 17.6 Å². The van der Waals surface area contributed by atoms with Gasteiger partial charge in [-0.25, -0.2) is 4.39 Å². The third kappa shape index (κ3) is 3.58. The summed E-state index contributed by atoms with van der Waals surface area (Å²) in [6, 6.07) is 6.29. The molecule has 1 N–H and O–H groups in total. The van der Waals surface area contributed by atoms with Crippen molar-refractivity contribution in [3.8, 4) is 0 Å². The first-order valence-corrected chi connectivity index (χ1v) is 6.29. The summed E-state index contributed by atoms with van der Waals surface area (Å²) in [5.74, 6) is -0.392. The van der Waals surface area contributed by atoms with Gasteiger partial charge in [0.05, 0.1) is 17.3 Å². The number of benzene rings is 1. The Hall–Kier alpha value is -1.95. The second-order valence-electron chi connectivity index (χ2n) is 4.75. The standard InChI is InChI=1S/C15H14F4N2/c1-9-5-10(7-12(16)6-9)14(20-2)13-4-3-11(8-21-13)15(17,18)19/h3-8,14,20H,1-2H3. The van der Waals surface area contributed by atoms with Crippen LogP contribution in [-0.4, -0.2) is 12.0 Å². The highest BCUT2D eigenvalue weighted by molar-refractivity contribution is 5.32. The van der Waals surface area contributed by atoms with Crippen molar-refractivity contribution in [2.75, 3.05) is 7.05 Å². The Morgan fingerprint density at radius 2 is 1.86 bits per heavy atom. The SMILES string of the molecule is CNC(c1cc(C)cc(F)c1)c1ccc(C(F)(F)F)cn1. The van der Waals surface area contributed by atoms with E-state index in [1.54, 1.807) is 20.0 Å². The number of nitrogens with one attached hydrogen (secondary N) is 1. The second-order valence-corrected chi connectivity index (χ2v) is 4.75. The highest BCUT2D eigenvalue weighted by Crippen LogP contribution is 2.30. The maximum absolute atomic E-state index is 13.5. The molecule has 6 heteroatoms. The number of hydrogen-bond acceptors (Lipinski definition) is 2. The van der Waals surface area contributed by atoms with Crippen molar-refractivity contribution >= 4 is 0 Å². The molecule has 1 atom stereocenters. The van der Waals surface area contributed by atoms with Crippen LogP contribution in [-0.2, 0) is 6.18 Å². The molecule has 1 heterocycles. The Kier molecular flexibility index (Phi) is 4.27. The molecule has 0 spiro atoms. The average molecular weight is 298 g/mol. The topological polar surface area (TPSA) is 24.9 Å². The molecule has 0 bridgehead atoms. The molecule has 0 fully saturated rings. The average Bonchev–Trinajstić information content (AvgIpc) is 2.38. The fourth-order valence-electron chi connectivity index (χ4n) is 2.16. The highest BCUT2D eigenvalue weighted by Gasteiger charge is 2.31. The number of rotatable bonds is 3. The van der Waals surface area contributed by atoms with Crippen LogP contribution in [0.3, 0.4) is 0 Å². The van der Waals surface area contributed by atoms with Crippen molar-refractivity contribution in [1.29, 1.82) is 0 Å². The summed E-state index contributed by atoms with van der Waals surface area (Å²) < 4.78 is 51.0. The zero-order valence-corrected chi connectivity index (χ0v) is 11.5. The Labute approximate surface area is 119 Å². The Bertz CT molecular complexity index is 600. The molecular formula is C15H14F4N2. The minimum Gasteiger partial charge on any atom is -0.308 e. The Morgan fingerprint density at radius 3 is 2.33 bits per heavy atom. The fraction of sp³-hybridized carbons (Fsp3) is 0.267. The predicted molar refractivity (Wildman–Crippen MR) is 71.3 cm³/mol. The molecule has 112 valence electrons. The van der Waals surface area contributed by atoms with Crippen LogP contribution in [0.2, 0.25) is 0 Å². The summed E-state index contributed by atoms with van der Waals surface area (Å²) in [6.07, 6.45) is -3.64. The van der Waals surface area contributed by atoms with Crippen molar-refractivity contribution in [3.05, 3.63) is 64.7 Å². The summed E-state index contributed by atoms with van der Waals surface area (Å²) >= 11 is 0. The third-order valence-corrected chi connectivity index (χ3v) is 3.10. The van der Waals surface area contributed by atoms with Crippen LogP contribution in [0.15, 0.2) is 36.5 Å². The summed E-state index contributed by atoms with van der Waals surface area (Å²) in [5, 5.41) is 2.94. The van der Waals surface area contributed by atoms with Crippen molar-refractivity contribution in [2.45, 2.75) is 19.1 Å². The van der Waals surface area contributed by atoms with Crippen molar-refractivity contribution in [1.82, 2.24) is 10.3 Å². The quantitative estimate of drug-likeness (QED) is 0.870. The molecule has 21 heavy (non-hydrogen) atoms. The molecule has 0 aliphatic heterocycles. The molecule has 2 rings (SSSR count). The van der Waals surface area contributed by atoms with Gasteiger partial charge in [0.15, 0.2) is 0 Å². The first-order valence-electron chi connectivity index (χ1n) is 6.29. The molecule has 2 nitrogen and oxygen atoms in total. The van der Waals surface area contributed by atoms with Crippen LogP contribution >= 0.6 is 0 Å². The van der Waals surface area contributed by atoms with Gasteiger partial charge >= 0.3 is 6.18 Å². The van der Waals surface area contributed by atoms with E-state index in [1.165, 1.54) is 18.2 Å². The van der Waals surface area contributed by atoms with Crippen molar-refractivity contribution in [3.63, 3.8) is 0 Å². The zero-order valence-electron chi connectivity index (χ0n) is 11.5. The summed E-state index contributed by atoms with van der Waals surface area (Å²) in [6.45, 7) is 1.75. The maximum Gasteiger partial charge on any atom is 0.417 e. The lowest BCUT2D eigenvalue weighted by Crippen LogP contribution is -2.19. The van der Waals surface area contributed by atoms with Crippen LogP contribution in [0.25, 0.3) is 0 Å². The molecular weight excluding hydrogens is 284 g/mol. The van der Waals surface area contributed by atoms with Crippen LogP contribution < -0.4 is 5.32 Å². The third-order valence-electron chi connectivity index (χ3n) is 3.10. The lowest BCUT2D eigenvalue weighted by molar-refractivity contribution is -0.137. The van der Waals surface area contributed by atoms with Crippen LogP contribution in [0.1, 0.15) is 28.4 Å². The lowest BCUT2D eigenvalue weighted by atomic mass is 10.0. The van der Waals surface area contributed by atoms with Gasteiger partial charge in [-0.2, -0.15) is 13.2 Å². The largest absolute Gasteiger partial charge is 0.417 e. The Morgan fingerprint density at radius 1 is 1.14 bits per heavy atom. The number of aromatic nitrogens is 1. The van der Waals surface area contributed by atoms with E-state index in [1.807, 2.05) is 0 Å². The molecule has 1 aromatic heterocycles. The van der Waals surface area contributed by atoms with Crippen LogP contribution in [0, 0.1) is 12.7 Å². The highest BCUT2D eigenvalue weighted by atomic mass is 19.4. The normalized spacial score (nSPS) is 13.2. The van der Waals surface area contributed by atoms with E-state index in [-0.39, 0.29) is 0 Å². The molecule has 0 aliphatic carbocycles. The van der Waals surface area contributed by atoms with Crippen molar-refractivity contribution in [2.24, 2.45) is 0 Å². The van der Waals surface area contributed by atoms with Crippen LogP contribution in [0.5, 0.6) is 0 Å². The molecule has 0 radical (unpaired) electrons. The van der Waals surface area contributed by atoms with Gasteiger partial charge < -0.3 is 5.32 Å². The number of aryl methyl sites for hydroxylation is 1. The zero-order chi connectivity index (χ0) is 15.6. The Balaban J connectivity index is 2.37.